The van der Waals surface area contributed by atoms with Gasteiger partial charge >= 0.3 is 5.97 Å². The zero-order valence-corrected chi connectivity index (χ0v) is 10.6. The first-order valence-corrected chi connectivity index (χ1v) is 5.63. The second-order valence-electron chi connectivity index (χ2n) is 5.23. The number of hydrogen-bond donors (Lipinski definition) is 1. The number of nitrogens with one attached hydrogen (secondary N) is 1. The summed E-state index contributed by atoms with van der Waals surface area (Å²) in [5, 5.41) is 1.04. The molecule has 0 amide bonds. The lowest BCUT2D eigenvalue weighted by Gasteiger charge is -2.15. The molecule has 0 bridgehead atoms. The Morgan fingerprint density at radius 2 is 1.94 bits per heavy atom. The van der Waals surface area contributed by atoms with Gasteiger partial charge < -0.3 is 9.72 Å². The first-order valence-electron chi connectivity index (χ1n) is 5.63. The van der Waals surface area contributed by atoms with Crippen LogP contribution in [0.25, 0.3) is 10.9 Å². The molecule has 1 N–H and O–H groups in total. The van der Waals surface area contributed by atoms with E-state index in [1.807, 2.05) is 12.1 Å². The Bertz CT molecular complexity index is 561. The van der Waals surface area contributed by atoms with Crippen molar-refractivity contribution in [1.82, 2.24) is 4.98 Å². The Kier molecular flexibility index (Phi) is 2.69. The van der Waals surface area contributed by atoms with E-state index in [0.717, 1.165) is 16.6 Å². The first kappa shape index (κ1) is 11.7. The number of rotatable bonds is 1. The van der Waals surface area contributed by atoms with E-state index < -0.39 is 0 Å². The minimum Gasteiger partial charge on any atom is -0.465 e. The molecule has 0 aliphatic carbocycles. The van der Waals surface area contributed by atoms with Gasteiger partial charge in [-0.15, -0.1) is 0 Å². The first-order chi connectivity index (χ1) is 7.91. The van der Waals surface area contributed by atoms with Crippen LogP contribution in [0, 0.1) is 0 Å². The molecular formula is C14H17NO2. The molecule has 0 unspecified atom stereocenters. The van der Waals surface area contributed by atoms with Gasteiger partial charge in [0.25, 0.3) is 0 Å². The van der Waals surface area contributed by atoms with Crippen LogP contribution in [-0.2, 0) is 10.2 Å². The summed E-state index contributed by atoms with van der Waals surface area (Å²) in [5.74, 6) is -0.301. The van der Waals surface area contributed by atoms with Gasteiger partial charge in [0.1, 0.15) is 0 Å². The van der Waals surface area contributed by atoms with E-state index in [1.54, 1.807) is 6.07 Å². The molecule has 2 aromatic rings. The number of aromatic amines is 1. The molecule has 0 atom stereocenters. The third-order valence-corrected chi connectivity index (χ3v) is 2.85. The van der Waals surface area contributed by atoms with Crippen molar-refractivity contribution in [3.63, 3.8) is 0 Å². The lowest BCUT2D eigenvalue weighted by molar-refractivity contribution is 0.0601. The van der Waals surface area contributed by atoms with E-state index in [0.29, 0.717) is 5.56 Å². The third kappa shape index (κ3) is 2.18. The molecule has 0 fully saturated rings. The van der Waals surface area contributed by atoms with Gasteiger partial charge in [-0.2, -0.15) is 0 Å². The van der Waals surface area contributed by atoms with Crippen molar-refractivity contribution in [3.8, 4) is 0 Å². The Morgan fingerprint density at radius 1 is 1.24 bits per heavy atom. The summed E-state index contributed by atoms with van der Waals surface area (Å²) in [4.78, 5) is 14.8. The maximum absolute atomic E-state index is 11.4. The average molecular weight is 231 g/mol. The van der Waals surface area contributed by atoms with Gasteiger partial charge in [0.15, 0.2) is 0 Å². The number of carbonyl (C=O) groups is 1. The maximum atomic E-state index is 11.4. The molecule has 1 aromatic heterocycles. The van der Waals surface area contributed by atoms with Gasteiger partial charge in [0.05, 0.1) is 12.7 Å². The number of carbonyl (C=O) groups excluding carboxylic acids is 1. The van der Waals surface area contributed by atoms with E-state index in [2.05, 4.69) is 31.8 Å². The summed E-state index contributed by atoms with van der Waals surface area (Å²) in [6.45, 7) is 6.46. The summed E-state index contributed by atoms with van der Waals surface area (Å²) in [6.07, 6.45) is 0. The number of fused-ring (bicyclic) bond motifs is 1. The molecule has 0 aliphatic rings. The zero-order chi connectivity index (χ0) is 12.6. The predicted molar refractivity (Wildman–Crippen MR) is 68.3 cm³/mol. The SMILES string of the molecule is COC(=O)c1ccc2[nH]c(C(C)(C)C)cc2c1. The van der Waals surface area contributed by atoms with Gasteiger partial charge in [0, 0.05) is 22.0 Å². The van der Waals surface area contributed by atoms with Crippen LogP contribution in [0.4, 0.5) is 0 Å². The lowest BCUT2D eigenvalue weighted by atomic mass is 9.92. The number of hydrogen-bond acceptors (Lipinski definition) is 2. The minimum atomic E-state index is -0.301. The quantitative estimate of drug-likeness (QED) is 0.765. The fraction of sp³-hybridized carbons (Fsp3) is 0.357. The largest absolute Gasteiger partial charge is 0.465 e. The average Bonchev–Trinajstić information content (AvgIpc) is 2.70. The predicted octanol–water partition coefficient (Wildman–Crippen LogP) is 3.25. The van der Waals surface area contributed by atoms with Gasteiger partial charge in [0.2, 0.25) is 0 Å². The summed E-state index contributed by atoms with van der Waals surface area (Å²) in [6, 6.07) is 7.63. The molecule has 17 heavy (non-hydrogen) atoms. The normalized spacial score (nSPS) is 11.8. The van der Waals surface area contributed by atoms with E-state index >= 15 is 0 Å². The zero-order valence-electron chi connectivity index (χ0n) is 10.6. The van der Waals surface area contributed by atoms with E-state index in [9.17, 15) is 4.79 Å². The highest BCUT2D eigenvalue weighted by Crippen LogP contribution is 2.26. The highest BCUT2D eigenvalue weighted by molar-refractivity contribution is 5.94. The van der Waals surface area contributed by atoms with Gasteiger partial charge in [-0.1, -0.05) is 20.8 Å². The van der Waals surface area contributed by atoms with Crippen molar-refractivity contribution in [1.29, 1.82) is 0 Å². The lowest BCUT2D eigenvalue weighted by Crippen LogP contribution is -2.10. The van der Waals surface area contributed by atoms with Crippen LogP contribution in [-0.4, -0.2) is 18.1 Å². The third-order valence-electron chi connectivity index (χ3n) is 2.85. The molecule has 0 saturated heterocycles. The van der Waals surface area contributed by atoms with Crippen molar-refractivity contribution in [3.05, 3.63) is 35.5 Å². The van der Waals surface area contributed by atoms with Gasteiger partial charge in [-0.25, -0.2) is 4.79 Å². The van der Waals surface area contributed by atoms with Crippen molar-refractivity contribution >= 4 is 16.9 Å². The molecule has 1 heterocycles. The van der Waals surface area contributed by atoms with Crippen LogP contribution in [0.15, 0.2) is 24.3 Å². The smallest absolute Gasteiger partial charge is 0.337 e. The fourth-order valence-corrected chi connectivity index (χ4v) is 1.78. The summed E-state index contributed by atoms with van der Waals surface area (Å²) in [7, 11) is 1.39. The van der Waals surface area contributed by atoms with Crippen molar-refractivity contribution < 1.29 is 9.53 Å². The second-order valence-corrected chi connectivity index (χ2v) is 5.23. The Balaban J connectivity index is 2.52. The standard InChI is InChI=1S/C14H17NO2/c1-14(2,3)12-8-10-7-9(13(16)17-4)5-6-11(10)15-12/h5-8,15H,1-4H3. The Labute approximate surface area is 101 Å². The molecule has 2 rings (SSSR count). The minimum absolute atomic E-state index is 0.0739. The topological polar surface area (TPSA) is 42.1 Å². The Hall–Kier alpha value is -1.77. The molecule has 0 saturated carbocycles. The van der Waals surface area contributed by atoms with E-state index in [4.69, 9.17) is 4.74 Å². The number of H-pyrrole nitrogens is 1. The number of ether oxygens (including phenoxy) is 1. The molecule has 90 valence electrons. The second kappa shape index (κ2) is 3.91. The highest BCUT2D eigenvalue weighted by Gasteiger charge is 2.16. The van der Waals surface area contributed by atoms with Crippen molar-refractivity contribution in [2.75, 3.05) is 7.11 Å². The van der Waals surface area contributed by atoms with Crippen LogP contribution in [0.5, 0.6) is 0 Å². The molecular weight excluding hydrogens is 214 g/mol. The highest BCUT2D eigenvalue weighted by atomic mass is 16.5. The van der Waals surface area contributed by atoms with Crippen LogP contribution < -0.4 is 0 Å². The molecule has 0 spiro atoms. The summed E-state index contributed by atoms with van der Waals surface area (Å²) < 4.78 is 4.71. The van der Waals surface area contributed by atoms with Crippen LogP contribution in [0.1, 0.15) is 36.8 Å². The van der Waals surface area contributed by atoms with Crippen molar-refractivity contribution in [2.45, 2.75) is 26.2 Å². The van der Waals surface area contributed by atoms with E-state index in [-0.39, 0.29) is 11.4 Å². The van der Waals surface area contributed by atoms with Crippen molar-refractivity contribution in [2.24, 2.45) is 0 Å². The number of aromatic nitrogens is 1. The van der Waals surface area contributed by atoms with Crippen LogP contribution in [0.3, 0.4) is 0 Å². The van der Waals surface area contributed by atoms with Crippen LogP contribution in [0.2, 0.25) is 0 Å². The monoisotopic (exact) mass is 231 g/mol. The fourth-order valence-electron chi connectivity index (χ4n) is 1.78. The summed E-state index contributed by atoms with van der Waals surface area (Å²) in [5.41, 5.74) is 2.86. The van der Waals surface area contributed by atoms with Gasteiger partial charge in [-0.05, 0) is 24.3 Å². The van der Waals surface area contributed by atoms with Crippen LogP contribution >= 0.6 is 0 Å². The van der Waals surface area contributed by atoms with E-state index in [1.165, 1.54) is 7.11 Å². The number of benzene rings is 1. The number of methoxy groups -OCH3 is 1. The maximum Gasteiger partial charge on any atom is 0.337 e. The molecule has 0 radical (unpaired) electrons. The molecule has 0 aliphatic heterocycles. The molecule has 3 heteroatoms. The number of esters is 1. The molecule has 3 nitrogen and oxygen atoms in total. The molecule has 1 aromatic carbocycles. The Morgan fingerprint density at radius 3 is 2.53 bits per heavy atom. The van der Waals surface area contributed by atoms with Gasteiger partial charge in [-0.3, -0.25) is 0 Å². The summed E-state index contributed by atoms with van der Waals surface area (Å²) >= 11 is 0.